The van der Waals surface area contributed by atoms with Crippen LogP contribution in [-0.2, 0) is 0 Å². The summed E-state index contributed by atoms with van der Waals surface area (Å²) in [5.74, 6) is -0.890. The van der Waals surface area contributed by atoms with Gasteiger partial charge in [-0.25, -0.2) is 4.79 Å². The highest BCUT2D eigenvalue weighted by molar-refractivity contribution is 6.34. The quantitative estimate of drug-likeness (QED) is 0.737. The maximum Gasteiger partial charge on any atom is 0.337 e. The van der Waals surface area contributed by atoms with E-state index in [4.69, 9.17) is 17.3 Å². The number of aromatic carboxylic acids is 1. The van der Waals surface area contributed by atoms with Crippen LogP contribution in [0.3, 0.4) is 0 Å². The van der Waals surface area contributed by atoms with E-state index in [2.05, 4.69) is 0 Å². The van der Waals surface area contributed by atoms with Gasteiger partial charge in [0.25, 0.3) is 0 Å². The molecule has 4 N–H and O–H groups in total. The van der Waals surface area contributed by atoms with Gasteiger partial charge >= 0.3 is 5.97 Å². The molecule has 104 valence electrons. The maximum atomic E-state index is 11.3. The number of piperidine rings is 1. The molecular formula is C13H17ClN2O3. The zero-order chi connectivity index (χ0) is 14.0. The summed E-state index contributed by atoms with van der Waals surface area (Å²) < 4.78 is 0. The lowest BCUT2D eigenvalue weighted by molar-refractivity contribution is 0.0697. The molecule has 0 bridgehead atoms. The van der Waals surface area contributed by atoms with Gasteiger partial charge in [0.15, 0.2) is 0 Å². The summed E-state index contributed by atoms with van der Waals surface area (Å²) in [6, 6.07) is 2.98. The van der Waals surface area contributed by atoms with Crippen molar-refractivity contribution in [2.45, 2.75) is 12.8 Å². The summed E-state index contributed by atoms with van der Waals surface area (Å²) in [5, 5.41) is 18.9. The molecule has 0 spiro atoms. The number of nitrogen functional groups attached to an aromatic ring is 1. The van der Waals surface area contributed by atoms with Crippen LogP contribution in [0, 0.1) is 5.92 Å². The van der Waals surface area contributed by atoms with Gasteiger partial charge in [0.1, 0.15) is 0 Å². The second-order valence-corrected chi connectivity index (χ2v) is 5.25. The lowest BCUT2D eigenvalue weighted by Gasteiger charge is -2.35. The molecular weight excluding hydrogens is 268 g/mol. The summed E-state index contributed by atoms with van der Waals surface area (Å²) >= 11 is 6.16. The van der Waals surface area contributed by atoms with E-state index in [1.165, 1.54) is 6.07 Å². The van der Waals surface area contributed by atoms with Gasteiger partial charge in [0.05, 0.1) is 16.3 Å². The van der Waals surface area contributed by atoms with Crippen molar-refractivity contribution in [1.82, 2.24) is 0 Å². The van der Waals surface area contributed by atoms with E-state index >= 15 is 0 Å². The number of anilines is 2. The number of carboxylic acids is 1. The summed E-state index contributed by atoms with van der Waals surface area (Å²) in [4.78, 5) is 13.3. The Hall–Kier alpha value is -1.46. The van der Waals surface area contributed by atoms with Gasteiger partial charge in [-0.15, -0.1) is 0 Å². The van der Waals surface area contributed by atoms with Crippen molar-refractivity contribution in [3.63, 3.8) is 0 Å². The second kappa shape index (κ2) is 5.67. The molecule has 2 rings (SSSR count). The van der Waals surface area contributed by atoms with Crippen molar-refractivity contribution in [1.29, 1.82) is 0 Å². The first kappa shape index (κ1) is 14.0. The molecule has 1 aliphatic rings. The molecule has 6 heteroatoms. The highest BCUT2D eigenvalue weighted by atomic mass is 35.5. The molecule has 1 aromatic rings. The van der Waals surface area contributed by atoms with E-state index in [0.717, 1.165) is 19.4 Å². The smallest absolute Gasteiger partial charge is 0.337 e. The number of hydrogen-bond acceptors (Lipinski definition) is 4. The number of aliphatic hydroxyl groups excluding tert-OH is 1. The van der Waals surface area contributed by atoms with Crippen LogP contribution in [0.15, 0.2) is 12.1 Å². The van der Waals surface area contributed by atoms with E-state index in [1.54, 1.807) is 6.07 Å². The molecule has 0 saturated carbocycles. The predicted octanol–water partition coefficient (Wildman–Crippen LogP) is 1.83. The molecule has 1 unspecified atom stereocenters. The van der Waals surface area contributed by atoms with Crippen LogP contribution in [0.5, 0.6) is 0 Å². The van der Waals surface area contributed by atoms with Crippen molar-refractivity contribution in [3.8, 4) is 0 Å². The number of hydrogen-bond donors (Lipinski definition) is 3. The lowest BCUT2D eigenvalue weighted by Crippen LogP contribution is -2.37. The fraction of sp³-hybridized carbons (Fsp3) is 0.462. The Bertz CT molecular complexity index is 493. The first-order chi connectivity index (χ1) is 9.02. The van der Waals surface area contributed by atoms with E-state index in [-0.39, 0.29) is 18.1 Å². The number of rotatable bonds is 3. The first-order valence-electron chi connectivity index (χ1n) is 6.21. The standard InChI is InChI=1S/C13H17ClN2O3/c14-11-5-9(15)4-10(13(18)19)12(11)16-3-1-2-8(6-16)7-17/h4-5,8,17H,1-3,6-7,15H2,(H,18,19). The average Bonchev–Trinajstić information content (AvgIpc) is 2.37. The van der Waals surface area contributed by atoms with Crippen molar-refractivity contribution >= 4 is 28.9 Å². The molecule has 19 heavy (non-hydrogen) atoms. The van der Waals surface area contributed by atoms with Crippen molar-refractivity contribution in [2.24, 2.45) is 5.92 Å². The molecule has 5 nitrogen and oxygen atoms in total. The van der Waals surface area contributed by atoms with Crippen LogP contribution < -0.4 is 10.6 Å². The molecule has 1 saturated heterocycles. The van der Waals surface area contributed by atoms with Crippen LogP contribution in [0.1, 0.15) is 23.2 Å². The monoisotopic (exact) mass is 284 g/mol. The number of aliphatic hydroxyl groups is 1. The van der Waals surface area contributed by atoms with Gasteiger partial charge in [-0.3, -0.25) is 0 Å². The topological polar surface area (TPSA) is 86.8 Å². The molecule has 0 amide bonds. The Morgan fingerprint density at radius 1 is 1.53 bits per heavy atom. The fourth-order valence-electron chi connectivity index (χ4n) is 2.52. The molecule has 0 aliphatic carbocycles. The molecule has 1 aromatic carbocycles. The second-order valence-electron chi connectivity index (χ2n) is 4.84. The number of nitrogens with zero attached hydrogens (tertiary/aromatic N) is 1. The maximum absolute atomic E-state index is 11.3. The Morgan fingerprint density at radius 2 is 2.26 bits per heavy atom. The fourth-order valence-corrected chi connectivity index (χ4v) is 2.87. The number of carbonyl (C=O) groups is 1. The van der Waals surface area contributed by atoms with Gasteiger partial charge in [0, 0.05) is 25.4 Å². The highest BCUT2D eigenvalue weighted by Crippen LogP contribution is 2.35. The SMILES string of the molecule is Nc1cc(Cl)c(N2CCCC(CO)C2)c(C(=O)O)c1. The van der Waals surface area contributed by atoms with E-state index < -0.39 is 5.97 Å². The van der Waals surface area contributed by atoms with Crippen LogP contribution in [0.4, 0.5) is 11.4 Å². The van der Waals surface area contributed by atoms with Crippen LogP contribution >= 0.6 is 11.6 Å². The number of benzene rings is 1. The summed E-state index contributed by atoms with van der Waals surface area (Å²) in [5.41, 5.74) is 6.59. The molecule has 0 aromatic heterocycles. The molecule has 1 heterocycles. The zero-order valence-corrected chi connectivity index (χ0v) is 11.2. The third kappa shape index (κ3) is 2.93. The minimum absolute atomic E-state index is 0.103. The molecule has 0 radical (unpaired) electrons. The normalized spacial score (nSPS) is 19.5. The van der Waals surface area contributed by atoms with Crippen molar-refractivity contribution in [3.05, 3.63) is 22.7 Å². The number of halogens is 1. The molecule has 1 aliphatic heterocycles. The van der Waals surface area contributed by atoms with Gasteiger partial charge in [-0.05, 0) is 30.9 Å². The molecule has 1 fully saturated rings. The Balaban J connectivity index is 2.40. The third-order valence-corrected chi connectivity index (χ3v) is 3.70. The van der Waals surface area contributed by atoms with Crippen LogP contribution in [-0.4, -0.2) is 35.9 Å². The largest absolute Gasteiger partial charge is 0.478 e. The van der Waals surface area contributed by atoms with Crippen LogP contribution in [0.25, 0.3) is 0 Å². The van der Waals surface area contributed by atoms with Crippen molar-refractivity contribution in [2.75, 3.05) is 30.3 Å². The predicted molar refractivity (Wildman–Crippen MR) is 74.8 cm³/mol. The first-order valence-corrected chi connectivity index (χ1v) is 6.59. The zero-order valence-electron chi connectivity index (χ0n) is 10.5. The highest BCUT2D eigenvalue weighted by Gasteiger charge is 2.25. The van der Waals surface area contributed by atoms with Crippen LogP contribution in [0.2, 0.25) is 5.02 Å². The van der Waals surface area contributed by atoms with E-state index in [0.29, 0.717) is 22.9 Å². The number of carboxylic acid groups (broad SMARTS) is 1. The van der Waals surface area contributed by atoms with Gasteiger partial charge in [-0.1, -0.05) is 11.6 Å². The minimum Gasteiger partial charge on any atom is -0.478 e. The number of nitrogens with two attached hydrogens (primary N) is 1. The Kier molecular flexibility index (Phi) is 4.17. The lowest BCUT2D eigenvalue weighted by atomic mass is 9.97. The minimum atomic E-state index is -1.05. The van der Waals surface area contributed by atoms with Gasteiger partial charge in [0.2, 0.25) is 0 Å². The third-order valence-electron chi connectivity index (χ3n) is 3.41. The Morgan fingerprint density at radius 3 is 2.89 bits per heavy atom. The molecule has 1 atom stereocenters. The summed E-state index contributed by atoms with van der Waals surface area (Å²) in [6.45, 7) is 1.45. The van der Waals surface area contributed by atoms with Crippen molar-refractivity contribution < 1.29 is 15.0 Å². The van der Waals surface area contributed by atoms with Gasteiger partial charge < -0.3 is 20.8 Å². The van der Waals surface area contributed by atoms with Gasteiger partial charge in [-0.2, -0.15) is 0 Å². The van der Waals surface area contributed by atoms with E-state index in [9.17, 15) is 15.0 Å². The summed E-state index contributed by atoms with van der Waals surface area (Å²) in [7, 11) is 0. The summed E-state index contributed by atoms with van der Waals surface area (Å²) in [6.07, 6.45) is 1.85. The average molecular weight is 285 g/mol. The Labute approximate surface area is 116 Å². The van der Waals surface area contributed by atoms with E-state index in [1.807, 2.05) is 4.90 Å².